The van der Waals surface area contributed by atoms with Crippen LogP contribution >= 0.6 is 0 Å². The van der Waals surface area contributed by atoms with Gasteiger partial charge in [0.25, 0.3) is 0 Å². The minimum Gasteiger partial charge on any atom is -0.299 e. The van der Waals surface area contributed by atoms with Crippen molar-refractivity contribution in [2.45, 2.75) is 55.4 Å². The maximum atomic E-state index is 12.0. The van der Waals surface area contributed by atoms with Crippen molar-refractivity contribution >= 4 is 15.6 Å². The molecule has 0 aromatic rings. The first-order valence-electron chi connectivity index (χ1n) is 6.42. The highest BCUT2D eigenvalue weighted by atomic mass is 32.2. The van der Waals surface area contributed by atoms with Gasteiger partial charge in [0.1, 0.15) is 5.78 Å². The molecule has 0 amide bonds. The van der Waals surface area contributed by atoms with Crippen LogP contribution in [0.2, 0.25) is 0 Å². The van der Waals surface area contributed by atoms with E-state index in [2.05, 4.69) is 6.58 Å². The van der Waals surface area contributed by atoms with Crippen molar-refractivity contribution in [1.82, 2.24) is 0 Å². The fourth-order valence-electron chi connectivity index (χ4n) is 3.12. The van der Waals surface area contributed by atoms with Gasteiger partial charge in [0.05, 0.1) is 10.5 Å². The van der Waals surface area contributed by atoms with Crippen LogP contribution in [0.4, 0.5) is 0 Å². The van der Waals surface area contributed by atoms with Gasteiger partial charge in [-0.15, -0.1) is 6.58 Å². The summed E-state index contributed by atoms with van der Waals surface area (Å²) in [6.07, 6.45) is 6.61. The van der Waals surface area contributed by atoms with E-state index >= 15 is 0 Å². The smallest absolute Gasteiger partial charge is 0.156 e. The summed E-state index contributed by atoms with van der Waals surface area (Å²) in [5.74, 6) is 0.213. The molecule has 0 spiro atoms. The molecule has 2 aliphatic rings. The van der Waals surface area contributed by atoms with Gasteiger partial charge in [-0.1, -0.05) is 12.5 Å². The van der Waals surface area contributed by atoms with E-state index in [-0.39, 0.29) is 22.2 Å². The number of carbonyl (C=O) groups is 1. The Morgan fingerprint density at radius 2 is 1.82 bits per heavy atom. The van der Waals surface area contributed by atoms with Crippen molar-refractivity contribution in [1.29, 1.82) is 0 Å². The van der Waals surface area contributed by atoms with Crippen LogP contribution in [0.3, 0.4) is 0 Å². The van der Waals surface area contributed by atoms with E-state index in [1.165, 1.54) is 0 Å². The second-order valence-electron chi connectivity index (χ2n) is 5.23. The molecule has 0 N–H and O–H groups in total. The largest absolute Gasteiger partial charge is 0.299 e. The van der Waals surface area contributed by atoms with Gasteiger partial charge in [0.2, 0.25) is 0 Å². The van der Waals surface area contributed by atoms with Crippen LogP contribution in [0.15, 0.2) is 12.7 Å². The van der Waals surface area contributed by atoms with E-state index in [4.69, 9.17) is 0 Å². The lowest BCUT2D eigenvalue weighted by atomic mass is 9.85. The number of carbonyl (C=O) groups excluding carboxylic acids is 1. The Morgan fingerprint density at radius 1 is 1.24 bits per heavy atom. The number of fused-ring (bicyclic) bond motifs is 2. The molecule has 2 rings (SSSR count). The van der Waals surface area contributed by atoms with Crippen LogP contribution in [-0.2, 0) is 14.6 Å². The fraction of sp³-hybridized carbons (Fsp3) is 0.769. The van der Waals surface area contributed by atoms with Crippen molar-refractivity contribution in [2.75, 3.05) is 0 Å². The summed E-state index contributed by atoms with van der Waals surface area (Å²) >= 11 is 0. The first-order chi connectivity index (χ1) is 8.05. The van der Waals surface area contributed by atoms with Gasteiger partial charge in [0, 0.05) is 12.3 Å². The van der Waals surface area contributed by atoms with E-state index in [1.807, 2.05) is 0 Å². The zero-order chi connectivity index (χ0) is 12.5. The summed E-state index contributed by atoms with van der Waals surface area (Å²) in [6, 6.07) is 0. The van der Waals surface area contributed by atoms with Crippen molar-refractivity contribution in [2.24, 2.45) is 5.92 Å². The van der Waals surface area contributed by atoms with Gasteiger partial charge in [-0.05, 0) is 32.1 Å². The van der Waals surface area contributed by atoms with Gasteiger partial charge in [-0.2, -0.15) is 0 Å². The number of sulfone groups is 1. The highest BCUT2D eigenvalue weighted by Crippen LogP contribution is 2.40. The maximum Gasteiger partial charge on any atom is 0.156 e. The average Bonchev–Trinajstić information content (AvgIpc) is 2.24. The quantitative estimate of drug-likeness (QED) is 0.725. The fourth-order valence-corrected chi connectivity index (χ4v) is 5.66. The molecule has 0 aliphatic carbocycles. The summed E-state index contributed by atoms with van der Waals surface area (Å²) in [6.45, 7) is 3.61. The highest BCUT2D eigenvalue weighted by molar-refractivity contribution is 7.92. The molecule has 2 fully saturated rings. The maximum absolute atomic E-state index is 12.0. The zero-order valence-electron chi connectivity index (χ0n) is 10.1. The normalized spacial score (nSPS) is 35.2. The number of Topliss-reactive ketones (excluding diaryl/α,β-unsaturated/α-hetero) is 1. The Kier molecular flexibility index (Phi) is 3.71. The van der Waals surface area contributed by atoms with Gasteiger partial charge >= 0.3 is 0 Å². The Labute approximate surface area is 103 Å². The molecule has 17 heavy (non-hydrogen) atoms. The van der Waals surface area contributed by atoms with Crippen LogP contribution in [0.5, 0.6) is 0 Å². The molecule has 2 unspecified atom stereocenters. The third-order valence-corrected chi connectivity index (χ3v) is 6.84. The summed E-state index contributed by atoms with van der Waals surface area (Å²) in [7, 11) is -2.92. The minimum absolute atomic E-state index is 0.0197. The molecular weight excluding hydrogens is 236 g/mol. The Bertz CT molecular complexity index is 390. The topological polar surface area (TPSA) is 51.2 Å². The first-order valence-corrected chi connectivity index (χ1v) is 8.03. The second kappa shape index (κ2) is 4.92. The van der Waals surface area contributed by atoms with E-state index < -0.39 is 9.84 Å². The van der Waals surface area contributed by atoms with Crippen molar-refractivity contribution in [3.63, 3.8) is 0 Å². The number of ketones is 1. The summed E-state index contributed by atoms with van der Waals surface area (Å²) < 4.78 is 24.1. The lowest BCUT2D eigenvalue weighted by Gasteiger charge is -2.38. The lowest BCUT2D eigenvalue weighted by Crippen LogP contribution is -2.45. The van der Waals surface area contributed by atoms with E-state index in [9.17, 15) is 13.2 Å². The van der Waals surface area contributed by atoms with E-state index in [0.717, 1.165) is 19.3 Å². The predicted octanol–water partition coefficient (Wildman–Crippen LogP) is 2.27. The molecule has 3 nitrogen and oxygen atoms in total. The summed E-state index contributed by atoms with van der Waals surface area (Å²) in [5, 5.41) is -0.486. The summed E-state index contributed by atoms with van der Waals surface area (Å²) in [4.78, 5) is 12.0. The lowest BCUT2D eigenvalue weighted by molar-refractivity contribution is -0.123. The standard InChI is InChI=1S/C13H20O3S/c1-2-3-7-13(14)10-8-11-5-4-6-12(9-10)17(11,15)16/h2,10-12H,1,3-9H2. The van der Waals surface area contributed by atoms with Crippen molar-refractivity contribution < 1.29 is 13.2 Å². The van der Waals surface area contributed by atoms with Crippen LogP contribution < -0.4 is 0 Å². The zero-order valence-corrected chi connectivity index (χ0v) is 10.9. The highest BCUT2D eigenvalue weighted by Gasteiger charge is 2.45. The Balaban J connectivity index is 2.06. The number of hydrogen-bond acceptors (Lipinski definition) is 3. The van der Waals surface area contributed by atoms with Gasteiger partial charge in [-0.3, -0.25) is 4.79 Å². The van der Waals surface area contributed by atoms with Crippen LogP contribution in [0.1, 0.15) is 44.9 Å². The van der Waals surface area contributed by atoms with Gasteiger partial charge < -0.3 is 0 Å². The third-order valence-electron chi connectivity index (χ3n) is 4.13. The molecular formula is C13H20O3S. The molecule has 2 atom stereocenters. The van der Waals surface area contributed by atoms with Crippen LogP contribution in [0.25, 0.3) is 0 Å². The van der Waals surface area contributed by atoms with Gasteiger partial charge in [0.15, 0.2) is 9.84 Å². The third kappa shape index (κ3) is 2.46. The molecule has 0 aromatic heterocycles. The van der Waals surface area contributed by atoms with Crippen LogP contribution in [-0.4, -0.2) is 24.7 Å². The molecule has 0 aromatic carbocycles. The predicted molar refractivity (Wildman–Crippen MR) is 67.5 cm³/mol. The van der Waals surface area contributed by atoms with E-state index in [1.54, 1.807) is 6.08 Å². The monoisotopic (exact) mass is 256 g/mol. The van der Waals surface area contributed by atoms with Crippen molar-refractivity contribution in [3.8, 4) is 0 Å². The Morgan fingerprint density at radius 3 is 2.35 bits per heavy atom. The Hall–Kier alpha value is -0.640. The molecule has 0 radical (unpaired) electrons. The molecule has 2 aliphatic heterocycles. The van der Waals surface area contributed by atoms with Crippen LogP contribution in [0, 0.1) is 5.92 Å². The number of allylic oxidation sites excluding steroid dienone is 1. The SMILES string of the molecule is C=CCCC(=O)C1CC2CCCC(C1)S2(=O)=O. The van der Waals surface area contributed by atoms with E-state index in [0.29, 0.717) is 25.7 Å². The number of hydrogen-bond donors (Lipinski definition) is 0. The first kappa shape index (κ1) is 12.8. The molecule has 4 heteroatoms. The minimum atomic E-state index is -2.92. The molecule has 2 heterocycles. The molecule has 96 valence electrons. The molecule has 2 bridgehead atoms. The van der Waals surface area contributed by atoms with Crippen molar-refractivity contribution in [3.05, 3.63) is 12.7 Å². The number of rotatable bonds is 4. The van der Waals surface area contributed by atoms with Gasteiger partial charge in [-0.25, -0.2) is 8.42 Å². The molecule has 0 saturated carbocycles. The average molecular weight is 256 g/mol. The molecule has 2 saturated heterocycles. The summed E-state index contributed by atoms with van der Waals surface area (Å²) in [5.41, 5.74) is 0. The second-order valence-corrected chi connectivity index (χ2v) is 7.74.